The molecule has 25 heavy (non-hydrogen) atoms. The number of aliphatic carboxylic acids is 2. The monoisotopic (exact) mass is 366 g/mol. The van der Waals surface area contributed by atoms with E-state index < -0.39 is 11.9 Å². The Labute approximate surface area is 155 Å². The van der Waals surface area contributed by atoms with Crippen molar-refractivity contribution >= 4 is 23.7 Å². The van der Waals surface area contributed by atoms with Crippen LogP contribution in [0.15, 0.2) is 30.3 Å². The molecule has 140 valence electrons. The Morgan fingerprint density at radius 1 is 0.920 bits per heavy atom. The third-order valence-corrected chi connectivity index (χ3v) is 5.37. The van der Waals surface area contributed by atoms with E-state index in [1.165, 1.54) is 36.6 Å². The second-order valence-electron chi connectivity index (χ2n) is 6.40. The zero-order chi connectivity index (χ0) is 18.3. The van der Waals surface area contributed by atoms with E-state index in [2.05, 4.69) is 24.3 Å². The van der Waals surface area contributed by atoms with E-state index in [9.17, 15) is 14.7 Å². The molecule has 0 aliphatic heterocycles. The molecule has 0 amide bonds. The van der Waals surface area contributed by atoms with Crippen LogP contribution >= 0.6 is 11.8 Å². The molecular weight excluding hydrogens is 336 g/mol. The summed E-state index contributed by atoms with van der Waals surface area (Å²) in [5, 5.41) is 17.8. The Morgan fingerprint density at radius 3 is 2.20 bits per heavy atom. The third kappa shape index (κ3) is 11.6. The summed E-state index contributed by atoms with van der Waals surface area (Å²) in [4.78, 5) is 21.7. The van der Waals surface area contributed by atoms with Crippen LogP contribution in [-0.4, -0.2) is 33.7 Å². The molecule has 1 aromatic rings. The first-order chi connectivity index (χ1) is 12.1. The molecule has 5 heteroatoms. The van der Waals surface area contributed by atoms with Gasteiger partial charge in [-0.05, 0) is 24.8 Å². The van der Waals surface area contributed by atoms with E-state index in [1.807, 2.05) is 6.07 Å². The smallest absolute Gasteiger partial charge is 0.307 e. The van der Waals surface area contributed by atoms with E-state index in [0.717, 1.165) is 25.7 Å². The lowest BCUT2D eigenvalue weighted by atomic mass is 10.0. The van der Waals surface area contributed by atoms with Crippen LogP contribution in [0.1, 0.15) is 56.9 Å². The van der Waals surface area contributed by atoms with Gasteiger partial charge in [0.2, 0.25) is 0 Å². The highest BCUT2D eigenvalue weighted by Crippen LogP contribution is 2.18. The highest BCUT2D eigenvalue weighted by atomic mass is 32.2. The first-order valence-electron chi connectivity index (χ1n) is 9.16. The fourth-order valence-corrected chi connectivity index (χ4v) is 3.81. The predicted octanol–water partition coefficient (Wildman–Crippen LogP) is 4.87. The molecule has 0 fully saturated rings. The number of carboxylic acid groups (broad SMARTS) is 2. The van der Waals surface area contributed by atoms with Crippen molar-refractivity contribution in [2.75, 3.05) is 11.5 Å². The average Bonchev–Trinajstić information content (AvgIpc) is 2.59. The minimum Gasteiger partial charge on any atom is -0.481 e. The summed E-state index contributed by atoms with van der Waals surface area (Å²) in [6, 6.07) is 10.5. The highest BCUT2D eigenvalue weighted by Gasteiger charge is 2.16. The fourth-order valence-electron chi connectivity index (χ4n) is 2.73. The minimum atomic E-state index is -0.827. The average molecular weight is 367 g/mol. The zero-order valence-corrected chi connectivity index (χ0v) is 15.7. The number of benzene rings is 1. The van der Waals surface area contributed by atoms with Gasteiger partial charge in [0.15, 0.2) is 0 Å². The lowest BCUT2D eigenvalue weighted by Gasteiger charge is -2.11. The second kappa shape index (κ2) is 13.8. The number of carbonyl (C=O) groups is 2. The van der Waals surface area contributed by atoms with E-state index in [4.69, 9.17) is 5.11 Å². The number of hydrogen-bond donors (Lipinski definition) is 2. The van der Waals surface area contributed by atoms with E-state index in [0.29, 0.717) is 17.9 Å². The van der Waals surface area contributed by atoms with Crippen molar-refractivity contribution in [2.24, 2.45) is 5.92 Å². The summed E-state index contributed by atoms with van der Waals surface area (Å²) in [5.74, 6) is -0.936. The van der Waals surface area contributed by atoms with E-state index >= 15 is 0 Å². The summed E-state index contributed by atoms with van der Waals surface area (Å²) in [6.07, 6.45) is 8.74. The maximum Gasteiger partial charge on any atom is 0.307 e. The standard InChI is InChI=1S/C20H30O4S/c21-19(22)14-15-25-16-18(20(23)24)13-9-4-2-1-3-6-10-17-11-7-5-8-12-17/h5,7-8,11-12,18H,1-4,6,9-10,13-16H2,(H,21,22)(H,23,24)/t18-/m1/s1. The number of rotatable bonds is 15. The molecule has 0 aliphatic carbocycles. The van der Waals surface area contributed by atoms with Crippen LogP contribution in [0.2, 0.25) is 0 Å². The lowest BCUT2D eigenvalue weighted by molar-refractivity contribution is -0.141. The topological polar surface area (TPSA) is 74.6 Å². The molecule has 4 nitrogen and oxygen atoms in total. The van der Waals surface area contributed by atoms with Crippen molar-refractivity contribution in [1.82, 2.24) is 0 Å². The largest absolute Gasteiger partial charge is 0.481 e. The molecule has 0 heterocycles. The summed E-state index contributed by atoms with van der Waals surface area (Å²) in [7, 11) is 0. The van der Waals surface area contributed by atoms with Crippen LogP contribution in [-0.2, 0) is 16.0 Å². The van der Waals surface area contributed by atoms with Crippen molar-refractivity contribution in [3.63, 3.8) is 0 Å². The summed E-state index contributed by atoms with van der Waals surface area (Å²) in [5.41, 5.74) is 1.40. The Bertz CT molecular complexity index is 490. The molecule has 0 aromatic heterocycles. The highest BCUT2D eigenvalue weighted by molar-refractivity contribution is 7.99. The Hall–Kier alpha value is -1.49. The van der Waals surface area contributed by atoms with Gasteiger partial charge in [0.05, 0.1) is 12.3 Å². The first-order valence-corrected chi connectivity index (χ1v) is 10.3. The number of thioether (sulfide) groups is 1. The molecule has 0 saturated heterocycles. The summed E-state index contributed by atoms with van der Waals surface area (Å²) >= 11 is 1.43. The summed E-state index contributed by atoms with van der Waals surface area (Å²) in [6.45, 7) is 0. The Balaban J connectivity index is 2.00. The van der Waals surface area contributed by atoms with E-state index in [1.54, 1.807) is 0 Å². The van der Waals surface area contributed by atoms with Crippen molar-refractivity contribution in [3.05, 3.63) is 35.9 Å². The van der Waals surface area contributed by atoms with Gasteiger partial charge in [0.25, 0.3) is 0 Å². The molecular formula is C20H30O4S. The van der Waals surface area contributed by atoms with Gasteiger partial charge in [-0.3, -0.25) is 9.59 Å². The first kappa shape index (κ1) is 21.6. The lowest BCUT2D eigenvalue weighted by Crippen LogP contribution is -2.16. The molecule has 0 unspecified atom stereocenters. The van der Waals surface area contributed by atoms with Gasteiger partial charge >= 0.3 is 11.9 Å². The van der Waals surface area contributed by atoms with Gasteiger partial charge in [-0.1, -0.05) is 62.4 Å². The van der Waals surface area contributed by atoms with Crippen LogP contribution in [0.4, 0.5) is 0 Å². The molecule has 2 N–H and O–H groups in total. The van der Waals surface area contributed by atoms with Gasteiger partial charge < -0.3 is 10.2 Å². The van der Waals surface area contributed by atoms with Gasteiger partial charge in [-0.2, -0.15) is 11.8 Å². The van der Waals surface area contributed by atoms with Crippen molar-refractivity contribution in [3.8, 4) is 0 Å². The molecule has 0 saturated carbocycles. The number of aryl methyl sites for hydroxylation is 1. The Kier molecular flexibility index (Phi) is 11.9. The zero-order valence-electron chi connectivity index (χ0n) is 14.9. The fraction of sp³-hybridized carbons (Fsp3) is 0.600. The maximum absolute atomic E-state index is 11.2. The molecule has 0 spiro atoms. The van der Waals surface area contributed by atoms with Crippen molar-refractivity contribution in [1.29, 1.82) is 0 Å². The summed E-state index contributed by atoms with van der Waals surface area (Å²) < 4.78 is 0. The van der Waals surface area contributed by atoms with Gasteiger partial charge in [-0.15, -0.1) is 0 Å². The van der Waals surface area contributed by atoms with Crippen molar-refractivity contribution in [2.45, 2.75) is 57.8 Å². The number of hydrogen-bond acceptors (Lipinski definition) is 3. The quantitative estimate of drug-likeness (QED) is 0.433. The molecule has 1 atom stereocenters. The van der Waals surface area contributed by atoms with Crippen LogP contribution in [0, 0.1) is 5.92 Å². The van der Waals surface area contributed by atoms with Crippen LogP contribution in [0.25, 0.3) is 0 Å². The van der Waals surface area contributed by atoms with Crippen LogP contribution in [0.5, 0.6) is 0 Å². The van der Waals surface area contributed by atoms with Gasteiger partial charge in [0, 0.05) is 11.5 Å². The SMILES string of the molecule is O=C(O)CCSC[C@@H](CCCCCCCCc1ccccc1)C(=O)O. The number of unbranched alkanes of at least 4 members (excludes halogenated alkanes) is 5. The van der Waals surface area contributed by atoms with Crippen LogP contribution < -0.4 is 0 Å². The molecule has 0 bridgehead atoms. The normalized spacial score (nSPS) is 12.0. The molecule has 0 aliphatic rings. The number of carboxylic acids is 2. The predicted molar refractivity (Wildman–Crippen MR) is 103 cm³/mol. The molecule has 1 rings (SSSR count). The van der Waals surface area contributed by atoms with Crippen molar-refractivity contribution < 1.29 is 19.8 Å². The van der Waals surface area contributed by atoms with Gasteiger partial charge in [-0.25, -0.2) is 0 Å². The molecule has 0 radical (unpaired) electrons. The second-order valence-corrected chi connectivity index (χ2v) is 7.55. The van der Waals surface area contributed by atoms with Crippen LogP contribution in [0.3, 0.4) is 0 Å². The van der Waals surface area contributed by atoms with E-state index in [-0.39, 0.29) is 12.3 Å². The minimum absolute atomic E-state index is 0.0972. The Morgan fingerprint density at radius 2 is 1.56 bits per heavy atom. The maximum atomic E-state index is 11.2. The third-order valence-electron chi connectivity index (χ3n) is 4.24. The van der Waals surface area contributed by atoms with Gasteiger partial charge in [0.1, 0.15) is 0 Å². The molecule has 1 aromatic carbocycles.